The lowest BCUT2D eigenvalue weighted by Gasteiger charge is -2.45. The van der Waals surface area contributed by atoms with Gasteiger partial charge in [-0.05, 0) is 61.4 Å². The first-order valence-corrected chi connectivity index (χ1v) is 19.7. The van der Waals surface area contributed by atoms with Crippen molar-refractivity contribution in [1.29, 1.82) is 0 Å². The predicted molar refractivity (Wildman–Crippen MR) is 158 cm³/mol. The van der Waals surface area contributed by atoms with Gasteiger partial charge in [0.1, 0.15) is 0 Å². The van der Waals surface area contributed by atoms with Crippen molar-refractivity contribution in [3.63, 3.8) is 0 Å². The molecule has 0 aromatic carbocycles. The van der Waals surface area contributed by atoms with Gasteiger partial charge in [-0.15, -0.1) is 0 Å². The molecule has 0 bridgehead atoms. The molecule has 0 aliphatic rings. The zero-order valence-corrected chi connectivity index (χ0v) is 28.5. The zero-order valence-electron chi connectivity index (χ0n) is 26.5. The maximum atomic E-state index is 11.8. The van der Waals surface area contributed by atoms with E-state index in [0.29, 0.717) is 6.61 Å². The average Bonchev–Trinajstić information content (AvgIpc) is 2.71. The first kappa shape index (κ1) is 35.6. The highest BCUT2D eigenvalue weighted by Crippen LogP contribution is 2.42. The molecule has 6 nitrogen and oxygen atoms in total. The van der Waals surface area contributed by atoms with E-state index in [1.165, 1.54) is 0 Å². The van der Waals surface area contributed by atoms with Crippen LogP contribution in [0.15, 0.2) is 0 Å². The predicted octanol–water partition coefficient (Wildman–Crippen LogP) is 7.44. The van der Waals surface area contributed by atoms with Crippen molar-refractivity contribution < 1.29 is 23.5 Å². The lowest BCUT2D eigenvalue weighted by Crippen LogP contribution is -2.50. The third kappa shape index (κ3) is 10.4. The van der Waals surface area contributed by atoms with E-state index in [9.17, 15) is 9.90 Å². The standard InChI is InChI=1S/C28H61NO5Si2/c1-19(17-20(2)25(22(4)23(5)30)34-36(15,16)28(9,10)11)24(21(3)18-32-26(31)29-12)33-35(13,14)27(6,7)8/h19-25,30H,17-18H2,1-16H3,(H,29,31). The van der Waals surface area contributed by atoms with E-state index in [2.05, 4.69) is 101 Å². The Morgan fingerprint density at radius 3 is 1.53 bits per heavy atom. The van der Waals surface area contributed by atoms with Crippen LogP contribution in [0, 0.1) is 23.7 Å². The molecule has 0 spiro atoms. The smallest absolute Gasteiger partial charge is 0.406 e. The van der Waals surface area contributed by atoms with Crippen molar-refractivity contribution in [2.45, 2.75) is 137 Å². The summed E-state index contributed by atoms with van der Waals surface area (Å²) < 4.78 is 19.4. The van der Waals surface area contributed by atoms with Crippen molar-refractivity contribution in [1.82, 2.24) is 5.32 Å². The van der Waals surface area contributed by atoms with Gasteiger partial charge in [-0.3, -0.25) is 0 Å². The summed E-state index contributed by atoms with van der Waals surface area (Å²) in [5.41, 5.74) is 0. The van der Waals surface area contributed by atoms with Gasteiger partial charge in [-0.1, -0.05) is 69.2 Å². The summed E-state index contributed by atoms with van der Waals surface area (Å²) in [5.74, 6) is 0.531. The Morgan fingerprint density at radius 2 is 1.17 bits per heavy atom. The number of amides is 1. The van der Waals surface area contributed by atoms with Gasteiger partial charge >= 0.3 is 6.09 Å². The number of nitrogens with one attached hydrogen (secondary N) is 1. The number of hydrogen-bond acceptors (Lipinski definition) is 5. The number of carbonyl (C=O) groups excluding carboxylic acids is 1. The molecule has 7 unspecified atom stereocenters. The summed E-state index contributed by atoms with van der Waals surface area (Å²) in [6.45, 7) is 33.6. The molecule has 0 radical (unpaired) electrons. The lowest BCUT2D eigenvalue weighted by atomic mass is 9.81. The molecule has 0 saturated heterocycles. The minimum absolute atomic E-state index is 0.0232. The Balaban J connectivity index is 6.00. The van der Waals surface area contributed by atoms with Crippen LogP contribution < -0.4 is 5.32 Å². The van der Waals surface area contributed by atoms with E-state index < -0.39 is 28.8 Å². The van der Waals surface area contributed by atoms with Gasteiger partial charge in [0.25, 0.3) is 0 Å². The van der Waals surface area contributed by atoms with Crippen molar-refractivity contribution in [2.24, 2.45) is 23.7 Å². The van der Waals surface area contributed by atoms with Crippen LogP contribution in [0.4, 0.5) is 4.79 Å². The van der Waals surface area contributed by atoms with Crippen molar-refractivity contribution >= 4 is 22.7 Å². The number of rotatable bonds is 13. The summed E-state index contributed by atoms with van der Waals surface area (Å²) in [6, 6.07) is 0. The molecule has 8 heteroatoms. The second kappa shape index (κ2) is 13.6. The fraction of sp³-hybridized carbons (Fsp3) is 0.964. The van der Waals surface area contributed by atoms with Gasteiger partial charge in [0.2, 0.25) is 0 Å². The van der Waals surface area contributed by atoms with Crippen LogP contribution in [-0.4, -0.2) is 59.8 Å². The second-order valence-corrected chi connectivity index (χ2v) is 23.8. The van der Waals surface area contributed by atoms with E-state index in [0.717, 1.165) is 6.42 Å². The molecule has 0 aromatic rings. The van der Waals surface area contributed by atoms with Gasteiger partial charge in [0, 0.05) is 18.9 Å². The van der Waals surface area contributed by atoms with Gasteiger partial charge in [0.05, 0.1) is 24.9 Å². The Morgan fingerprint density at radius 1 is 0.778 bits per heavy atom. The SMILES string of the molecule is CNC(=O)OCC(C)C(O[Si](C)(C)C(C)(C)C)C(C)CC(C)C(O[Si](C)(C)C(C)(C)C)C(C)C(C)O. The van der Waals surface area contributed by atoms with Crippen molar-refractivity contribution in [3.8, 4) is 0 Å². The van der Waals surface area contributed by atoms with Gasteiger partial charge in [-0.25, -0.2) is 4.79 Å². The maximum absolute atomic E-state index is 11.8. The average molecular weight is 548 g/mol. The number of ether oxygens (including phenoxy) is 1. The third-order valence-electron chi connectivity index (χ3n) is 8.86. The van der Waals surface area contributed by atoms with E-state index in [-0.39, 0.29) is 46.0 Å². The maximum Gasteiger partial charge on any atom is 0.406 e. The Labute approximate surface area is 225 Å². The van der Waals surface area contributed by atoms with Crippen molar-refractivity contribution in [2.75, 3.05) is 13.7 Å². The van der Waals surface area contributed by atoms with E-state index >= 15 is 0 Å². The topological polar surface area (TPSA) is 77.0 Å². The molecule has 0 aromatic heterocycles. The van der Waals surface area contributed by atoms with Crippen LogP contribution in [0.5, 0.6) is 0 Å². The Hall–Kier alpha value is -0.416. The number of aliphatic hydroxyl groups is 1. The highest BCUT2D eigenvalue weighted by Gasteiger charge is 2.44. The molecular weight excluding hydrogens is 486 g/mol. The van der Waals surface area contributed by atoms with Crippen LogP contribution in [-0.2, 0) is 13.6 Å². The molecule has 7 atom stereocenters. The fourth-order valence-corrected chi connectivity index (χ4v) is 7.05. The summed E-state index contributed by atoms with van der Waals surface area (Å²) in [7, 11) is -2.52. The molecule has 0 fully saturated rings. The number of hydrogen-bond donors (Lipinski definition) is 2. The number of carbonyl (C=O) groups is 1. The van der Waals surface area contributed by atoms with E-state index in [1.807, 2.05) is 6.92 Å². The summed E-state index contributed by atoms with van der Waals surface area (Å²) in [5, 5.41) is 13.2. The minimum Gasteiger partial charge on any atom is -0.449 e. The monoisotopic (exact) mass is 547 g/mol. The van der Waals surface area contributed by atoms with Crippen molar-refractivity contribution in [3.05, 3.63) is 0 Å². The highest BCUT2D eigenvalue weighted by atomic mass is 28.4. The van der Waals surface area contributed by atoms with Gasteiger partial charge < -0.3 is 24.0 Å². The molecular formula is C28H61NO5Si2. The van der Waals surface area contributed by atoms with Gasteiger partial charge in [0.15, 0.2) is 16.6 Å². The largest absolute Gasteiger partial charge is 0.449 e. The highest BCUT2D eigenvalue weighted by molar-refractivity contribution is 6.74. The van der Waals surface area contributed by atoms with E-state index in [1.54, 1.807) is 7.05 Å². The number of alkyl carbamates (subject to hydrolysis) is 1. The summed E-state index contributed by atoms with van der Waals surface area (Å²) in [4.78, 5) is 11.8. The van der Waals surface area contributed by atoms with Gasteiger partial charge in [-0.2, -0.15) is 0 Å². The molecule has 216 valence electrons. The molecule has 0 aliphatic heterocycles. The molecule has 1 amide bonds. The molecule has 0 saturated carbocycles. The summed E-state index contributed by atoms with van der Waals surface area (Å²) >= 11 is 0. The lowest BCUT2D eigenvalue weighted by molar-refractivity contribution is -0.0119. The normalized spacial score (nSPS) is 19.6. The van der Waals surface area contributed by atoms with E-state index in [4.69, 9.17) is 13.6 Å². The molecule has 36 heavy (non-hydrogen) atoms. The van der Waals surface area contributed by atoms with Crippen LogP contribution in [0.2, 0.25) is 36.3 Å². The van der Waals surface area contributed by atoms with Crippen LogP contribution in [0.1, 0.15) is 82.6 Å². The number of aliphatic hydroxyl groups excluding tert-OH is 1. The first-order chi connectivity index (χ1) is 16.0. The van der Waals surface area contributed by atoms with Crippen LogP contribution in [0.25, 0.3) is 0 Å². The molecule has 0 heterocycles. The Kier molecular flexibility index (Phi) is 13.4. The molecule has 0 aliphatic carbocycles. The fourth-order valence-electron chi connectivity index (χ4n) is 4.07. The van der Waals surface area contributed by atoms with Crippen LogP contribution in [0.3, 0.4) is 0 Å². The summed E-state index contributed by atoms with van der Waals surface area (Å²) in [6.07, 6.45) is -0.0492. The molecule has 2 N–H and O–H groups in total. The second-order valence-electron chi connectivity index (χ2n) is 14.3. The molecule has 0 rings (SSSR count). The quantitative estimate of drug-likeness (QED) is 0.234. The third-order valence-corrected chi connectivity index (χ3v) is 17.8. The van der Waals surface area contributed by atoms with Crippen LogP contribution >= 0.6 is 0 Å². The Bertz CT molecular complexity index is 670. The minimum atomic E-state index is -2.06. The first-order valence-electron chi connectivity index (χ1n) is 13.9. The zero-order chi connectivity index (χ0) is 28.9.